The molecule has 0 heterocycles. The zero-order chi connectivity index (χ0) is 16.3. The van der Waals surface area contributed by atoms with Crippen molar-refractivity contribution in [2.45, 2.75) is 71.1 Å². The minimum Gasteiger partial charge on any atom is -0.550 e. The van der Waals surface area contributed by atoms with Gasteiger partial charge in [-0.3, -0.25) is 0 Å². The molecular formula is C20H33NaO3. The molecule has 0 amide bonds. The molecule has 0 fully saturated rings. The molecule has 0 rings (SSSR count). The Morgan fingerprint density at radius 2 is 1.17 bits per heavy atom. The summed E-state index contributed by atoms with van der Waals surface area (Å²) in [5.74, 6) is -0.962. The molecule has 0 atom stereocenters. The first-order chi connectivity index (χ1) is 10.8. The minimum absolute atomic E-state index is 0. The van der Waals surface area contributed by atoms with Gasteiger partial charge in [0.25, 0.3) is 0 Å². The van der Waals surface area contributed by atoms with E-state index in [4.69, 9.17) is 0 Å². The van der Waals surface area contributed by atoms with Crippen LogP contribution in [0.5, 0.6) is 0 Å². The van der Waals surface area contributed by atoms with Gasteiger partial charge < -0.3 is 15.4 Å². The van der Waals surface area contributed by atoms with Crippen LogP contribution < -0.4 is 34.7 Å². The number of hydrogen-bond donors (Lipinski definition) is 0. The molecule has 0 bridgehead atoms. The second-order valence-electron chi connectivity index (χ2n) is 5.35. The average molecular weight is 344 g/mol. The van der Waals surface area contributed by atoms with Crippen molar-refractivity contribution in [2.24, 2.45) is 0 Å². The van der Waals surface area contributed by atoms with E-state index in [0.717, 1.165) is 25.7 Å². The van der Waals surface area contributed by atoms with Gasteiger partial charge in [0.05, 0.1) is 0 Å². The van der Waals surface area contributed by atoms with Gasteiger partial charge >= 0.3 is 29.6 Å². The summed E-state index contributed by atoms with van der Waals surface area (Å²) in [6.45, 7) is 2.23. The van der Waals surface area contributed by atoms with Gasteiger partial charge in [0.2, 0.25) is 0 Å². The van der Waals surface area contributed by atoms with E-state index in [1.54, 1.807) is 0 Å². The van der Waals surface area contributed by atoms with Gasteiger partial charge in [-0.15, -0.1) is 0 Å². The fourth-order valence-electron chi connectivity index (χ4n) is 1.93. The standard InChI is InChI=1S/C20H32O2.Na.H2O/c1-2-3-4-5-6-7-8-9-10-11-12-13-14-15-16-17-18-19-20(21)22;;/h6-7,9-10,12-13,15-16H,2-5,8,11,14,17-19H2,1H3,(H,21,22);;1H2/q;+1;/p-1/b7-6-,10-9-,13-12-,16-15-;;. The number of allylic oxidation sites excluding steroid dienone is 8. The first kappa shape index (κ1) is 28.2. The van der Waals surface area contributed by atoms with E-state index in [0.29, 0.717) is 6.42 Å². The summed E-state index contributed by atoms with van der Waals surface area (Å²) < 4.78 is 0. The molecular weight excluding hydrogens is 311 g/mol. The van der Waals surface area contributed by atoms with Gasteiger partial charge in [-0.05, 0) is 51.4 Å². The maximum Gasteiger partial charge on any atom is 1.00 e. The Hall–Kier alpha value is -0.610. The van der Waals surface area contributed by atoms with Gasteiger partial charge in [-0.2, -0.15) is 0 Å². The van der Waals surface area contributed by atoms with Crippen LogP contribution in [0, 0.1) is 0 Å². The topological polar surface area (TPSA) is 71.6 Å². The van der Waals surface area contributed by atoms with Crippen molar-refractivity contribution >= 4 is 5.97 Å². The summed E-state index contributed by atoms with van der Waals surface area (Å²) in [5, 5.41) is 10.2. The van der Waals surface area contributed by atoms with Crippen LogP contribution in [0.3, 0.4) is 0 Å². The quantitative estimate of drug-likeness (QED) is 0.269. The average Bonchev–Trinajstić information content (AvgIpc) is 2.50. The van der Waals surface area contributed by atoms with E-state index in [-0.39, 0.29) is 41.5 Å². The minimum atomic E-state index is -0.962. The number of carboxylic acids is 1. The molecule has 24 heavy (non-hydrogen) atoms. The molecule has 4 heteroatoms. The fraction of sp³-hybridized carbons (Fsp3) is 0.550. The van der Waals surface area contributed by atoms with Gasteiger partial charge in [0, 0.05) is 5.97 Å². The number of aliphatic carboxylic acids is 1. The maximum atomic E-state index is 10.2. The summed E-state index contributed by atoms with van der Waals surface area (Å²) >= 11 is 0. The Labute approximate surface area is 170 Å². The number of carboxylic acid groups (broad SMARTS) is 1. The zero-order valence-electron chi connectivity index (χ0n) is 15.5. The van der Waals surface area contributed by atoms with Crippen molar-refractivity contribution in [2.75, 3.05) is 0 Å². The van der Waals surface area contributed by atoms with Crippen molar-refractivity contribution in [3.63, 3.8) is 0 Å². The normalized spacial score (nSPS) is 11.4. The number of hydrogen-bond acceptors (Lipinski definition) is 2. The van der Waals surface area contributed by atoms with Crippen molar-refractivity contribution in [3.05, 3.63) is 48.6 Å². The van der Waals surface area contributed by atoms with Gasteiger partial charge in [0.1, 0.15) is 0 Å². The predicted molar refractivity (Wildman–Crippen MR) is 97.0 cm³/mol. The summed E-state index contributed by atoms with van der Waals surface area (Å²) in [6, 6.07) is 0. The van der Waals surface area contributed by atoms with Crippen LogP contribution in [-0.2, 0) is 4.79 Å². The van der Waals surface area contributed by atoms with E-state index in [1.165, 1.54) is 25.7 Å². The van der Waals surface area contributed by atoms with Crippen molar-refractivity contribution < 1.29 is 44.9 Å². The molecule has 0 radical (unpaired) electrons. The Morgan fingerprint density at radius 3 is 1.58 bits per heavy atom. The second kappa shape index (κ2) is 24.6. The van der Waals surface area contributed by atoms with Crippen molar-refractivity contribution in [3.8, 4) is 0 Å². The second-order valence-corrected chi connectivity index (χ2v) is 5.35. The smallest absolute Gasteiger partial charge is 0.550 e. The number of carbonyl (C=O) groups excluding carboxylic acids is 1. The van der Waals surface area contributed by atoms with Crippen molar-refractivity contribution in [1.82, 2.24) is 0 Å². The molecule has 2 N–H and O–H groups in total. The zero-order valence-corrected chi connectivity index (χ0v) is 17.5. The van der Waals surface area contributed by atoms with Crippen LogP contribution >= 0.6 is 0 Å². The molecule has 0 aromatic heterocycles. The van der Waals surface area contributed by atoms with Crippen LogP contribution in [0.4, 0.5) is 0 Å². The Morgan fingerprint density at radius 1 is 0.750 bits per heavy atom. The van der Waals surface area contributed by atoms with E-state index < -0.39 is 5.97 Å². The predicted octanol–water partition coefficient (Wildman–Crippen LogP) is 1.06. The van der Waals surface area contributed by atoms with Gasteiger partial charge in [-0.1, -0.05) is 68.4 Å². The third-order valence-corrected chi connectivity index (χ3v) is 3.21. The maximum absolute atomic E-state index is 10.2. The molecule has 0 saturated carbocycles. The van der Waals surface area contributed by atoms with Crippen LogP contribution in [0.25, 0.3) is 0 Å². The van der Waals surface area contributed by atoms with E-state index in [9.17, 15) is 9.90 Å². The molecule has 0 unspecified atom stereocenters. The van der Waals surface area contributed by atoms with Crippen LogP contribution in [0.2, 0.25) is 0 Å². The molecule has 0 spiro atoms. The third-order valence-electron chi connectivity index (χ3n) is 3.21. The largest absolute Gasteiger partial charge is 1.00 e. The van der Waals surface area contributed by atoms with Crippen LogP contribution in [0.1, 0.15) is 71.1 Å². The molecule has 0 aliphatic carbocycles. The van der Waals surface area contributed by atoms with Crippen LogP contribution in [-0.4, -0.2) is 11.4 Å². The first-order valence-corrected chi connectivity index (χ1v) is 8.57. The fourth-order valence-corrected chi connectivity index (χ4v) is 1.93. The van der Waals surface area contributed by atoms with E-state index in [1.807, 2.05) is 6.08 Å². The van der Waals surface area contributed by atoms with Gasteiger partial charge in [0.15, 0.2) is 0 Å². The summed E-state index contributed by atoms with van der Waals surface area (Å²) in [4.78, 5) is 10.2. The van der Waals surface area contributed by atoms with E-state index >= 15 is 0 Å². The Balaban J connectivity index is -0.00000220. The molecule has 0 aromatic rings. The molecule has 0 saturated heterocycles. The number of carbonyl (C=O) groups is 1. The Kier molecular flexibility index (Phi) is 29.0. The molecule has 132 valence electrons. The number of unbranched alkanes of at least 4 members (excludes halogenated alkanes) is 4. The SMILES string of the molecule is CCCCC/C=C\C/C=C\C/C=C\C/C=C\CCCC(=O)[O-].O.[Na+]. The monoisotopic (exact) mass is 344 g/mol. The molecule has 0 aromatic carbocycles. The van der Waals surface area contributed by atoms with E-state index in [2.05, 4.69) is 49.5 Å². The molecule has 0 aliphatic rings. The van der Waals surface area contributed by atoms with Crippen molar-refractivity contribution in [1.29, 1.82) is 0 Å². The third kappa shape index (κ3) is 26.3. The van der Waals surface area contributed by atoms with Gasteiger partial charge in [-0.25, -0.2) is 0 Å². The molecule has 3 nitrogen and oxygen atoms in total. The number of rotatable bonds is 14. The Bertz CT molecular complexity index is 371. The summed E-state index contributed by atoms with van der Waals surface area (Å²) in [6.07, 6.45) is 27.0. The summed E-state index contributed by atoms with van der Waals surface area (Å²) in [7, 11) is 0. The summed E-state index contributed by atoms with van der Waals surface area (Å²) in [5.41, 5.74) is 0. The first-order valence-electron chi connectivity index (χ1n) is 8.57. The molecule has 0 aliphatic heterocycles. The van der Waals surface area contributed by atoms with Crippen LogP contribution in [0.15, 0.2) is 48.6 Å².